The molecule has 2 aromatic carbocycles. The highest BCUT2D eigenvalue weighted by Crippen LogP contribution is 2.23. The standard InChI is InChI=1S/C21H18N2/c1-15-7-8-16(2)23(15)19-12-9-18(10-13-19)21-14-11-17-5-3-4-6-20(17)22-21/h3-14H,1-2H3. The second-order valence-corrected chi connectivity index (χ2v) is 5.89. The van der Waals surface area contributed by atoms with Gasteiger partial charge in [-0.3, -0.25) is 0 Å². The number of rotatable bonds is 2. The number of hydrogen-bond donors (Lipinski definition) is 0. The summed E-state index contributed by atoms with van der Waals surface area (Å²) in [5.74, 6) is 0. The molecule has 2 aromatic heterocycles. The summed E-state index contributed by atoms with van der Waals surface area (Å²) in [5.41, 5.74) is 6.87. The van der Waals surface area contributed by atoms with Crippen molar-refractivity contribution in [2.75, 3.05) is 0 Å². The molecule has 4 rings (SSSR count). The minimum atomic E-state index is 1.01. The van der Waals surface area contributed by atoms with Gasteiger partial charge in [0, 0.05) is 28.0 Å². The Bertz CT molecular complexity index is 959. The van der Waals surface area contributed by atoms with Crippen LogP contribution in [-0.4, -0.2) is 9.55 Å². The third-order valence-electron chi connectivity index (χ3n) is 4.29. The van der Waals surface area contributed by atoms with Crippen molar-refractivity contribution in [3.05, 3.63) is 84.2 Å². The summed E-state index contributed by atoms with van der Waals surface area (Å²) in [4.78, 5) is 4.77. The van der Waals surface area contributed by atoms with Gasteiger partial charge in [0.1, 0.15) is 0 Å². The fourth-order valence-corrected chi connectivity index (χ4v) is 3.08. The third-order valence-corrected chi connectivity index (χ3v) is 4.29. The highest BCUT2D eigenvalue weighted by molar-refractivity contribution is 5.81. The molecule has 0 bridgehead atoms. The van der Waals surface area contributed by atoms with Gasteiger partial charge >= 0.3 is 0 Å². The van der Waals surface area contributed by atoms with E-state index in [4.69, 9.17) is 4.98 Å². The normalized spacial score (nSPS) is 11.0. The molecule has 2 heteroatoms. The molecule has 0 spiro atoms. The van der Waals surface area contributed by atoms with E-state index in [1.54, 1.807) is 0 Å². The van der Waals surface area contributed by atoms with Gasteiger partial charge in [-0.25, -0.2) is 4.98 Å². The van der Waals surface area contributed by atoms with Gasteiger partial charge in [-0.05, 0) is 50.2 Å². The summed E-state index contributed by atoms with van der Waals surface area (Å²) in [7, 11) is 0. The zero-order valence-corrected chi connectivity index (χ0v) is 13.3. The quantitative estimate of drug-likeness (QED) is 0.490. The van der Waals surface area contributed by atoms with E-state index < -0.39 is 0 Å². The van der Waals surface area contributed by atoms with Crippen LogP contribution < -0.4 is 0 Å². The Morgan fingerprint density at radius 3 is 2.13 bits per heavy atom. The van der Waals surface area contributed by atoms with Gasteiger partial charge in [0.15, 0.2) is 0 Å². The van der Waals surface area contributed by atoms with Crippen LogP contribution in [0.3, 0.4) is 0 Å². The van der Waals surface area contributed by atoms with Crippen LogP contribution in [0.2, 0.25) is 0 Å². The minimum Gasteiger partial charge on any atom is -0.319 e. The molecule has 0 saturated carbocycles. The molecule has 2 heterocycles. The summed E-state index contributed by atoms with van der Waals surface area (Å²) >= 11 is 0. The van der Waals surface area contributed by atoms with Gasteiger partial charge in [-0.15, -0.1) is 0 Å². The minimum absolute atomic E-state index is 1.01. The van der Waals surface area contributed by atoms with Crippen LogP contribution in [0.15, 0.2) is 72.8 Å². The fourth-order valence-electron chi connectivity index (χ4n) is 3.08. The molecule has 0 radical (unpaired) electrons. The van der Waals surface area contributed by atoms with E-state index in [1.807, 2.05) is 12.1 Å². The van der Waals surface area contributed by atoms with Gasteiger partial charge in [0.25, 0.3) is 0 Å². The molecule has 2 nitrogen and oxygen atoms in total. The molecule has 0 fully saturated rings. The van der Waals surface area contributed by atoms with Crippen LogP contribution in [0.4, 0.5) is 0 Å². The van der Waals surface area contributed by atoms with E-state index in [2.05, 4.69) is 79.1 Å². The molecule has 0 N–H and O–H groups in total. The lowest BCUT2D eigenvalue weighted by Crippen LogP contribution is -1.98. The first kappa shape index (κ1) is 13.8. The van der Waals surface area contributed by atoms with Crippen molar-refractivity contribution in [2.24, 2.45) is 0 Å². The summed E-state index contributed by atoms with van der Waals surface area (Å²) in [6.45, 7) is 4.26. The van der Waals surface area contributed by atoms with Gasteiger partial charge in [-0.2, -0.15) is 0 Å². The van der Waals surface area contributed by atoms with Crippen LogP contribution in [0.25, 0.3) is 27.8 Å². The molecular formula is C21H18N2. The number of aromatic nitrogens is 2. The van der Waals surface area contributed by atoms with Crippen molar-refractivity contribution in [2.45, 2.75) is 13.8 Å². The van der Waals surface area contributed by atoms with Gasteiger partial charge in [-0.1, -0.05) is 36.4 Å². The predicted molar refractivity (Wildman–Crippen MR) is 96.0 cm³/mol. The fraction of sp³-hybridized carbons (Fsp3) is 0.0952. The number of fused-ring (bicyclic) bond motifs is 1. The van der Waals surface area contributed by atoms with Gasteiger partial charge in [0.2, 0.25) is 0 Å². The molecule has 0 atom stereocenters. The summed E-state index contributed by atoms with van der Waals surface area (Å²) in [6, 6.07) is 25.3. The molecule has 112 valence electrons. The second kappa shape index (κ2) is 5.40. The van der Waals surface area contributed by atoms with E-state index in [-0.39, 0.29) is 0 Å². The van der Waals surface area contributed by atoms with E-state index in [9.17, 15) is 0 Å². The first-order valence-electron chi connectivity index (χ1n) is 7.84. The van der Waals surface area contributed by atoms with Crippen molar-refractivity contribution >= 4 is 10.9 Å². The maximum Gasteiger partial charge on any atom is 0.0709 e. The maximum atomic E-state index is 4.77. The average Bonchev–Trinajstić information content (AvgIpc) is 2.93. The van der Waals surface area contributed by atoms with Crippen LogP contribution in [0.5, 0.6) is 0 Å². The number of nitrogens with zero attached hydrogens (tertiary/aromatic N) is 2. The molecule has 0 aliphatic heterocycles. The summed E-state index contributed by atoms with van der Waals surface area (Å²) in [5, 5.41) is 1.17. The number of aryl methyl sites for hydroxylation is 2. The lowest BCUT2D eigenvalue weighted by Gasteiger charge is -2.10. The number of hydrogen-bond acceptors (Lipinski definition) is 1. The van der Waals surface area contributed by atoms with Crippen LogP contribution in [0, 0.1) is 13.8 Å². The molecule has 0 amide bonds. The van der Waals surface area contributed by atoms with Crippen molar-refractivity contribution in [3.63, 3.8) is 0 Å². The largest absolute Gasteiger partial charge is 0.319 e. The van der Waals surface area contributed by atoms with Crippen LogP contribution >= 0.6 is 0 Å². The summed E-state index contributed by atoms with van der Waals surface area (Å²) < 4.78 is 2.26. The van der Waals surface area contributed by atoms with Crippen LogP contribution in [-0.2, 0) is 0 Å². The first-order valence-corrected chi connectivity index (χ1v) is 7.84. The van der Waals surface area contributed by atoms with E-state index in [0.29, 0.717) is 0 Å². The molecule has 0 unspecified atom stereocenters. The molecule has 0 aliphatic carbocycles. The van der Waals surface area contributed by atoms with Crippen LogP contribution in [0.1, 0.15) is 11.4 Å². The Balaban J connectivity index is 1.75. The number of pyridine rings is 1. The molecule has 0 saturated heterocycles. The Labute approximate surface area is 136 Å². The van der Waals surface area contributed by atoms with Crippen molar-refractivity contribution in [1.82, 2.24) is 9.55 Å². The van der Waals surface area contributed by atoms with Crippen molar-refractivity contribution in [3.8, 4) is 16.9 Å². The smallest absolute Gasteiger partial charge is 0.0709 e. The molecule has 0 aliphatic rings. The predicted octanol–water partition coefficient (Wildman–Crippen LogP) is 5.31. The molecular weight excluding hydrogens is 280 g/mol. The van der Waals surface area contributed by atoms with E-state index in [1.165, 1.54) is 22.5 Å². The highest BCUT2D eigenvalue weighted by Gasteiger charge is 2.05. The Morgan fingerprint density at radius 2 is 1.39 bits per heavy atom. The Hall–Kier alpha value is -2.87. The second-order valence-electron chi connectivity index (χ2n) is 5.89. The lowest BCUT2D eigenvalue weighted by atomic mass is 10.1. The SMILES string of the molecule is Cc1ccc(C)n1-c1ccc(-c2ccc3ccccc3n2)cc1. The Morgan fingerprint density at radius 1 is 0.696 bits per heavy atom. The molecule has 23 heavy (non-hydrogen) atoms. The zero-order valence-electron chi connectivity index (χ0n) is 13.3. The lowest BCUT2D eigenvalue weighted by molar-refractivity contribution is 0.966. The average molecular weight is 298 g/mol. The van der Waals surface area contributed by atoms with Crippen molar-refractivity contribution < 1.29 is 0 Å². The number of para-hydroxylation sites is 1. The Kier molecular flexibility index (Phi) is 3.23. The third kappa shape index (κ3) is 2.42. The van der Waals surface area contributed by atoms with E-state index >= 15 is 0 Å². The maximum absolute atomic E-state index is 4.77. The van der Waals surface area contributed by atoms with Gasteiger partial charge < -0.3 is 4.57 Å². The first-order chi connectivity index (χ1) is 11.2. The summed E-state index contributed by atoms with van der Waals surface area (Å²) in [6.07, 6.45) is 0. The topological polar surface area (TPSA) is 17.8 Å². The van der Waals surface area contributed by atoms with Gasteiger partial charge in [0.05, 0.1) is 11.2 Å². The monoisotopic (exact) mass is 298 g/mol. The van der Waals surface area contributed by atoms with E-state index in [0.717, 1.165) is 16.8 Å². The molecule has 4 aromatic rings. The number of benzene rings is 2. The van der Waals surface area contributed by atoms with Crippen molar-refractivity contribution in [1.29, 1.82) is 0 Å². The zero-order chi connectivity index (χ0) is 15.8. The highest BCUT2D eigenvalue weighted by atomic mass is 15.0.